The Labute approximate surface area is 106 Å². The van der Waals surface area contributed by atoms with Crippen molar-refractivity contribution >= 4 is 5.97 Å². The molecule has 1 aliphatic carbocycles. The summed E-state index contributed by atoms with van der Waals surface area (Å²) in [6, 6.07) is 0.159. The van der Waals surface area contributed by atoms with Gasteiger partial charge in [-0.3, -0.25) is 0 Å². The molecule has 1 aromatic heterocycles. The first-order chi connectivity index (χ1) is 8.67. The van der Waals surface area contributed by atoms with Crippen LogP contribution in [0.1, 0.15) is 61.3 Å². The zero-order chi connectivity index (χ0) is 13.1. The van der Waals surface area contributed by atoms with E-state index >= 15 is 0 Å². The quantitative estimate of drug-likeness (QED) is 0.848. The molecule has 0 atom stereocenters. The molecule has 1 saturated carbocycles. The zero-order valence-electron chi connectivity index (χ0n) is 10.7. The number of carbonyl (C=O) groups is 1. The summed E-state index contributed by atoms with van der Waals surface area (Å²) in [7, 11) is 0. The first kappa shape index (κ1) is 13.0. The Hall–Kier alpha value is -1.43. The van der Waals surface area contributed by atoms with Gasteiger partial charge in [0.1, 0.15) is 5.69 Å². The Balaban J connectivity index is 2.19. The summed E-state index contributed by atoms with van der Waals surface area (Å²) in [5, 5.41) is 17.1. The van der Waals surface area contributed by atoms with Gasteiger partial charge in [0, 0.05) is 6.54 Å². The Morgan fingerprint density at radius 3 is 2.61 bits per heavy atom. The van der Waals surface area contributed by atoms with Crippen LogP contribution in [0, 0.1) is 5.92 Å². The Morgan fingerprint density at radius 1 is 1.44 bits per heavy atom. The second-order valence-corrected chi connectivity index (χ2v) is 4.92. The first-order valence-corrected chi connectivity index (χ1v) is 6.54. The molecule has 1 aromatic rings. The molecule has 100 valence electrons. The molecule has 6 nitrogen and oxygen atoms in total. The summed E-state index contributed by atoms with van der Waals surface area (Å²) in [5.74, 6) is -0.218. The van der Waals surface area contributed by atoms with Crippen molar-refractivity contribution < 1.29 is 9.90 Å². The lowest BCUT2D eigenvalue weighted by atomic mass is 9.84. The van der Waals surface area contributed by atoms with Crippen molar-refractivity contribution in [2.75, 3.05) is 0 Å². The van der Waals surface area contributed by atoms with E-state index in [1.54, 1.807) is 4.68 Å². The van der Waals surface area contributed by atoms with E-state index in [0.29, 0.717) is 5.69 Å². The van der Waals surface area contributed by atoms with Crippen molar-refractivity contribution in [2.45, 2.75) is 51.6 Å². The standard InChI is InChI=1S/C12H20N4O2/c1-2-8-3-5-9(6-4-8)16-11(12(17)18)10(7-13)14-15-16/h8-9H,2-7,13H2,1H3,(H,17,18). The lowest BCUT2D eigenvalue weighted by molar-refractivity contribution is 0.0675. The molecule has 0 radical (unpaired) electrons. The fraction of sp³-hybridized carbons (Fsp3) is 0.750. The summed E-state index contributed by atoms with van der Waals surface area (Å²) in [4.78, 5) is 11.3. The second-order valence-electron chi connectivity index (χ2n) is 4.92. The van der Waals surface area contributed by atoms with Crippen LogP contribution >= 0.6 is 0 Å². The van der Waals surface area contributed by atoms with Crippen LogP contribution in [0.25, 0.3) is 0 Å². The minimum absolute atomic E-state index is 0.117. The van der Waals surface area contributed by atoms with Crippen molar-refractivity contribution in [3.63, 3.8) is 0 Å². The average Bonchev–Trinajstić information content (AvgIpc) is 2.82. The van der Waals surface area contributed by atoms with E-state index in [1.807, 2.05) is 0 Å². The van der Waals surface area contributed by atoms with Crippen molar-refractivity contribution in [1.29, 1.82) is 0 Å². The Morgan fingerprint density at radius 2 is 2.11 bits per heavy atom. The number of carboxylic acids is 1. The van der Waals surface area contributed by atoms with Gasteiger partial charge < -0.3 is 10.8 Å². The molecule has 18 heavy (non-hydrogen) atoms. The van der Waals surface area contributed by atoms with Gasteiger partial charge in [-0.25, -0.2) is 9.48 Å². The molecule has 0 spiro atoms. The molecule has 2 rings (SSSR count). The van der Waals surface area contributed by atoms with Crippen molar-refractivity contribution in [3.8, 4) is 0 Å². The Kier molecular flexibility index (Phi) is 3.96. The Bertz CT molecular complexity index is 422. The van der Waals surface area contributed by atoms with Gasteiger partial charge in [0.15, 0.2) is 5.69 Å². The van der Waals surface area contributed by atoms with Crippen LogP contribution in [0.3, 0.4) is 0 Å². The monoisotopic (exact) mass is 252 g/mol. The van der Waals surface area contributed by atoms with Gasteiger partial charge in [0.2, 0.25) is 0 Å². The molecule has 0 aliphatic heterocycles. The highest BCUT2D eigenvalue weighted by Crippen LogP contribution is 2.34. The van der Waals surface area contributed by atoms with Crippen LogP contribution in [-0.4, -0.2) is 26.1 Å². The predicted octanol–water partition coefficient (Wildman–Crippen LogP) is 1.58. The molecule has 6 heteroatoms. The number of aromatic carboxylic acids is 1. The van der Waals surface area contributed by atoms with Gasteiger partial charge >= 0.3 is 5.97 Å². The third-order valence-corrected chi connectivity index (χ3v) is 3.90. The molecule has 0 saturated heterocycles. The van der Waals surface area contributed by atoms with Crippen molar-refractivity contribution in [2.24, 2.45) is 11.7 Å². The summed E-state index contributed by atoms with van der Waals surface area (Å²) in [5.41, 5.74) is 6.04. The number of nitrogens with two attached hydrogens (primary N) is 1. The summed E-state index contributed by atoms with van der Waals surface area (Å²) in [6.07, 6.45) is 5.43. The predicted molar refractivity (Wildman–Crippen MR) is 66.2 cm³/mol. The zero-order valence-corrected chi connectivity index (χ0v) is 10.7. The van der Waals surface area contributed by atoms with Crippen LogP contribution in [-0.2, 0) is 6.54 Å². The van der Waals surface area contributed by atoms with Gasteiger partial charge in [-0.15, -0.1) is 5.10 Å². The van der Waals surface area contributed by atoms with E-state index in [1.165, 1.54) is 6.42 Å². The number of carboxylic acid groups (broad SMARTS) is 1. The summed E-state index contributed by atoms with van der Waals surface area (Å²) in [6.45, 7) is 2.32. The summed E-state index contributed by atoms with van der Waals surface area (Å²) < 4.78 is 1.57. The van der Waals surface area contributed by atoms with E-state index in [0.717, 1.165) is 31.6 Å². The van der Waals surface area contributed by atoms with E-state index < -0.39 is 5.97 Å². The molecule has 1 heterocycles. The van der Waals surface area contributed by atoms with E-state index in [9.17, 15) is 9.90 Å². The van der Waals surface area contributed by atoms with Gasteiger partial charge in [-0.2, -0.15) is 0 Å². The first-order valence-electron chi connectivity index (χ1n) is 6.54. The largest absolute Gasteiger partial charge is 0.476 e. The fourth-order valence-corrected chi connectivity index (χ4v) is 2.74. The molecule has 0 aromatic carbocycles. The highest BCUT2D eigenvalue weighted by atomic mass is 16.4. The van der Waals surface area contributed by atoms with Crippen LogP contribution in [0.5, 0.6) is 0 Å². The van der Waals surface area contributed by atoms with Crippen LogP contribution < -0.4 is 5.73 Å². The third-order valence-electron chi connectivity index (χ3n) is 3.90. The van der Waals surface area contributed by atoms with Crippen molar-refractivity contribution in [3.05, 3.63) is 11.4 Å². The number of aromatic nitrogens is 3. The third kappa shape index (κ3) is 2.38. The number of hydrogen-bond acceptors (Lipinski definition) is 4. The van der Waals surface area contributed by atoms with E-state index in [-0.39, 0.29) is 18.3 Å². The fourth-order valence-electron chi connectivity index (χ4n) is 2.74. The highest BCUT2D eigenvalue weighted by molar-refractivity contribution is 5.86. The topological polar surface area (TPSA) is 94.0 Å². The van der Waals surface area contributed by atoms with Crippen LogP contribution in [0.15, 0.2) is 0 Å². The van der Waals surface area contributed by atoms with E-state index in [2.05, 4.69) is 17.2 Å². The second kappa shape index (κ2) is 5.48. The molecular weight excluding hydrogens is 232 g/mol. The maximum Gasteiger partial charge on any atom is 0.356 e. The van der Waals surface area contributed by atoms with Crippen LogP contribution in [0.4, 0.5) is 0 Å². The van der Waals surface area contributed by atoms with E-state index in [4.69, 9.17) is 5.73 Å². The van der Waals surface area contributed by atoms with Gasteiger partial charge in [0.05, 0.1) is 6.04 Å². The maximum absolute atomic E-state index is 11.3. The minimum Gasteiger partial charge on any atom is -0.476 e. The molecule has 0 bridgehead atoms. The molecular formula is C12H20N4O2. The lowest BCUT2D eigenvalue weighted by Gasteiger charge is -2.28. The van der Waals surface area contributed by atoms with Crippen LogP contribution in [0.2, 0.25) is 0 Å². The number of nitrogens with zero attached hydrogens (tertiary/aromatic N) is 3. The van der Waals surface area contributed by atoms with Gasteiger partial charge in [-0.1, -0.05) is 18.6 Å². The number of hydrogen-bond donors (Lipinski definition) is 2. The average molecular weight is 252 g/mol. The minimum atomic E-state index is -0.988. The van der Waals surface area contributed by atoms with Gasteiger partial charge in [-0.05, 0) is 31.6 Å². The van der Waals surface area contributed by atoms with Crippen molar-refractivity contribution in [1.82, 2.24) is 15.0 Å². The summed E-state index contributed by atoms with van der Waals surface area (Å²) >= 11 is 0. The molecule has 0 amide bonds. The molecule has 3 N–H and O–H groups in total. The molecule has 1 aliphatic rings. The highest BCUT2D eigenvalue weighted by Gasteiger charge is 2.27. The van der Waals surface area contributed by atoms with Gasteiger partial charge in [0.25, 0.3) is 0 Å². The normalized spacial score (nSPS) is 24.1. The smallest absolute Gasteiger partial charge is 0.356 e. The number of rotatable bonds is 4. The SMILES string of the molecule is CCC1CCC(n2nnc(CN)c2C(=O)O)CC1. The lowest BCUT2D eigenvalue weighted by Crippen LogP contribution is -2.22. The molecule has 0 unspecified atom stereocenters. The maximum atomic E-state index is 11.3. The molecule has 1 fully saturated rings.